The molecule has 0 saturated carbocycles. The van der Waals surface area contributed by atoms with Crippen LogP contribution in [0.15, 0.2) is 42.5 Å². The van der Waals surface area contributed by atoms with Crippen molar-refractivity contribution in [2.24, 2.45) is 0 Å². The molecule has 1 saturated heterocycles. The van der Waals surface area contributed by atoms with E-state index in [4.69, 9.17) is 4.74 Å². The Balaban J connectivity index is 1.52. The number of carbonyl (C=O) groups excluding carboxylic acids is 1. The molecule has 2 aromatic carbocycles. The molecular formula is C23H26BN2O4. The van der Waals surface area contributed by atoms with Crippen LogP contribution in [0.2, 0.25) is 0 Å². The van der Waals surface area contributed by atoms with Gasteiger partial charge in [0, 0.05) is 25.6 Å². The summed E-state index contributed by atoms with van der Waals surface area (Å²) in [5.41, 5.74) is 5.73. The fourth-order valence-electron chi connectivity index (χ4n) is 4.48. The average molecular weight is 405 g/mol. The van der Waals surface area contributed by atoms with Crippen LogP contribution in [0.1, 0.15) is 29.0 Å². The highest BCUT2D eigenvalue weighted by Crippen LogP contribution is 2.38. The maximum Gasteiger partial charge on any atom is 0.320 e. The van der Waals surface area contributed by atoms with Gasteiger partial charge in [-0.1, -0.05) is 42.5 Å². The van der Waals surface area contributed by atoms with Crippen molar-refractivity contribution in [3.63, 3.8) is 0 Å². The van der Waals surface area contributed by atoms with E-state index in [0.717, 1.165) is 62.4 Å². The Kier molecular flexibility index (Phi) is 6.62. The van der Waals surface area contributed by atoms with Crippen molar-refractivity contribution in [1.82, 2.24) is 10.1 Å². The zero-order valence-corrected chi connectivity index (χ0v) is 16.9. The first kappa shape index (κ1) is 20.8. The number of hydrogen-bond donors (Lipinski definition) is 2. The summed E-state index contributed by atoms with van der Waals surface area (Å²) in [5, 5.41) is 12.4. The van der Waals surface area contributed by atoms with E-state index in [-0.39, 0.29) is 5.92 Å². The zero-order valence-electron chi connectivity index (χ0n) is 16.9. The Morgan fingerprint density at radius 1 is 1.20 bits per heavy atom. The number of aliphatic carboxylic acids is 1. The Morgan fingerprint density at radius 2 is 1.93 bits per heavy atom. The summed E-state index contributed by atoms with van der Waals surface area (Å²) >= 11 is 0. The van der Waals surface area contributed by atoms with Crippen LogP contribution >= 0.6 is 0 Å². The quantitative estimate of drug-likeness (QED) is 0.517. The maximum absolute atomic E-state index is 11.7. The average Bonchev–Trinajstić information content (AvgIpc) is 3.18. The van der Waals surface area contributed by atoms with Gasteiger partial charge in [0.1, 0.15) is 6.04 Å². The third-order valence-electron chi connectivity index (χ3n) is 6.08. The minimum absolute atomic E-state index is 0.158. The number of rotatable bonds is 8. The van der Waals surface area contributed by atoms with Crippen molar-refractivity contribution in [1.29, 1.82) is 0 Å². The van der Waals surface area contributed by atoms with E-state index in [1.807, 2.05) is 0 Å². The lowest BCUT2D eigenvalue weighted by Crippen LogP contribution is -2.43. The summed E-state index contributed by atoms with van der Waals surface area (Å²) in [6, 6.07) is 14.1. The normalized spacial score (nSPS) is 19.8. The summed E-state index contributed by atoms with van der Waals surface area (Å²) in [7, 11) is 1.17. The summed E-state index contributed by atoms with van der Waals surface area (Å²) in [6.45, 7) is 4.45. The van der Waals surface area contributed by atoms with Crippen LogP contribution in [0.25, 0.3) is 11.1 Å². The summed E-state index contributed by atoms with van der Waals surface area (Å²) < 4.78 is 5.41. The molecule has 1 heterocycles. The number of nitrogens with one attached hydrogen (secondary N) is 1. The summed E-state index contributed by atoms with van der Waals surface area (Å²) in [6.07, 6.45) is 2.19. The van der Waals surface area contributed by atoms with Crippen LogP contribution < -0.4 is 5.23 Å². The number of hydrogen-bond acceptors (Lipinski definition) is 5. The predicted octanol–water partition coefficient (Wildman–Crippen LogP) is 2.07. The fourth-order valence-corrected chi connectivity index (χ4v) is 4.48. The molecule has 0 unspecified atom stereocenters. The first-order valence-corrected chi connectivity index (χ1v) is 10.4. The molecule has 0 aromatic heterocycles. The van der Waals surface area contributed by atoms with Crippen LogP contribution in [0, 0.1) is 0 Å². The van der Waals surface area contributed by atoms with E-state index < -0.39 is 12.0 Å². The number of fused-ring (bicyclic) bond motifs is 1. The van der Waals surface area contributed by atoms with Gasteiger partial charge in [0.05, 0.1) is 19.4 Å². The minimum atomic E-state index is -0.941. The second-order valence-electron chi connectivity index (χ2n) is 7.93. The first-order chi connectivity index (χ1) is 14.7. The van der Waals surface area contributed by atoms with Gasteiger partial charge < -0.3 is 19.9 Å². The molecule has 2 N–H and O–H groups in total. The number of carboxylic acid groups (broad SMARTS) is 1. The lowest BCUT2D eigenvalue weighted by molar-refractivity contribution is -0.139. The van der Waals surface area contributed by atoms with E-state index >= 15 is 0 Å². The first-order valence-electron chi connectivity index (χ1n) is 10.4. The maximum atomic E-state index is 11.7. The van der Waals surface area contributed by atoms with Gasteiger partial charge in [-0.3, -0.25) is 9.69 Å². The van der Waals surface area contributed by atoms with Crippen molar-refractivity contribution in [2.45, 2.75) is 31.3 Å². The number of nitrogens with zero attached hydrogens (tertiary/aromatic N) is 1. The number of aryl methyl sites for hydroxylation is 1. The van der Waals surface area contributed by atoms with Crippen LogP contribution in [0.3, 0.4) is 0 Å². The predicted molar refractivity (Wildman–Crippen MR) is 116 cm³/mol. The number of ether oxygens (including phenoxy) is 1. The molecule has 1 aliphatic carbocycles. The van der Waals surface area contributed by atoms with Gasteiger partial charge in [0.2, 0.25) is 0 Å². The fraction of sp³-hybridized carbons (Fsp3) is 0.391. The largest absolute Gasteiger partial charge is 0.480 e. The Hall–Kier alpha value is -2.48. The molecule has 1 fully saturated rings. The van der Waals surface area contributed by atoms with Gasteiger partial charge in [-0.15, -0.1) is 0 Å². The standard InChI is InChI=1S/C23H26BN2O4/c27-15-24-25-22(23(28)29)20-8-7-18-5-6-19(13-21(18)20)17-3-1-16(2-4-17)14-26-9-11-30-12-10-26/h1-6,13,15,20,22,25H,7-12,14H2,(H,28,29)/t20-,22+/m1/s1. The highest BCUT2D eigenvalue weighted by atomic mass is 16.5. The van der Waals surface area contributed by atoms with E-state index in [1.165, 1.54) is 18.5 Å². The SMILES string of the molecule is O=C[B]N[C@H](C(=O)O)[C@@H]1CCc2ccc(-c3ccc(CN4CCOCC4)cc3)cc21. The molecule has 0 spiro atoms. The Bertz CT molecular complexity index is 897. The topological polar surface area (TPSA) is 78.9 Å². The van der Waals surface area contributed by atoms with Crippen LogP contribution in [0.5, 0.6) is 0 Å². The van der Waals surface area contributed by atoms with E-state index in [9.17, 15) is 14.7 Å². The molecule has 4 rings (SSSR count). The van der Waals surface area contributed by atoms with Crippen LogP contribution in [0.4, 0.5) is 0 Å². The number of morpholine rings is 1. The van der Waals surface area contributed by atoms with Crippen molar-refractivity contribution < 1.29 is 19.4 Å². The molecule has 6 nitrogen and oxygen atoms in total. The van der Waals surface area contributed by atoms with Crippen LogP contribution in [-0.4, -0.2) is 61.9 Å². The number of benzene rings is 2. The summed E-state index contributed by atoms with van der Waals surface area (Å²) in [5.74, 6) is -1.10. The molecule has 0 bridgehead atoms. The molecule has 2 aliphatic rings. The minimum Gasteiger partial charge on any atom is -0.480 e. The smallest absolute Gasteiger partial charge is 0.320 e. The van der Waals surface area contributed by atoms with Gasteiger partial charge in [-0.05, 0) is 40.7 Å². The zero-order chi connectivity index (χ0) is 20.9. The highest BCUT2D eigenvalue weighted by Gasteiger charge is 2.34. The van der Waals surface area contributed by atoms with E-state index in [1.54, 1.807) is 0 Å². The number of carbonyl (C=O) groups is 2. The molecule has 2 atom stereocenters. The Morgan fingerprint density at radius 3 is 2.63 bits per heavy atom. The molecule has 7 heteroatoms. The van der Waals surface area contributed by atoms with Crippen molar-refractivity contribution in [3.8, 4) is 11.1 Å². The van der Waals surface area contributed by atoms with Gasteiger partial charge in [-0.2, -0.15) is 0 Å². The van der Waals surface area contributed by atoms with Gasteiger partial charge in [0.15, 0.2) is 0 Å². The molecule has 1 radical (unpaired) electrons. The highest BCUT2D eigenvalue weighted by molar-refractivity contribution is 6.64. The number of carboxylic acids is 1. The lowest BCUT2D eigenvalue weighted by Gasteiger charge is -2.26. The van der Waals surface area contributed by atoms with E-state index in [0.29, 0.717) is 6.19 Å². The Labute approximate surface area is 177 Å². The van der Waals surface area contributed by atoms with E-state index in [2.05, 4.69) is 52.6 Å². The van der Waals surface area contributed by atoms with Crippen molar-refractivity contribution in [3.05, 3.63) is 59.2 Å². The molecular weight excluding hydrogens is 379 g/mol. The summed E-state index contributed by atoms with van der Waals surface area (Å²) in [4.78, 5) is 24.8. The third-order valence-corrected chi connectivity index (χ3v) is 6.08. The lowest BCUT2D eigenvalue weighted by atomic mass is 9.86. The van der Waals surface area contributed by atoms with Gasteiger partial charge in [-0.25, -0.2) is 0 Å². The second kappa shape index (κ2) is 9.56. The van der Waals surface area contributed by atoms with Gasteiger partial charge >= 0.3 is 5.97 Å². The molecule has 30 heavy (non-hydrogen) atoms. The molecule has 0 amide bonds. The van der Waals surface area contributed by atoms with Gasteiger partial charge in [0.25, 0.3) is 7.41 Å². The molecule has 2 aromatic rings. The third kappa shape index (κ3) is 4.64. The second-order valence-corrected chi connectivity index (χ2v) is 7.93. The van der Waals surface area contributed by atoms with Crippen molar-refractivity contribution in [2.75, 3.05) is 26.3 Å². The van der Waals surface area contributed by atoms with Crippen LogP contribution in [-0.2, 0) is 27.3 Å². The monoisotopic (exact) mass is 405 g/mol. The van der Waals surface area contributed by atoms with Crippen molar-refractivity contribution >= 4 is 19.6 Å². The molecule has 155 valence electrons. The molecule has 1 aliphatic heterocycles.